The fourth-order valence-corrected chi connectivity index (χ4v) is 1.30. The molecule has 0 aromatic heterocycles. The van der Waals surface area contributed by atoms with E-state index in [4.69, 9.17) is 5.26 Å². The van der Waals surface area contributed by atoms with Crippen molar-refractivity contribution in [3.8, 4) is 6.07 Å². The van der Waals surface area contributed by atoms with Crippen LogP contribution in [0.1, 0.15) is 22.3 Å². The van der Waals surface area contributed by atoms with Crippen molar-refractivity contribution in [1.29, 1.82) is 5.26 Å². The second-order valence-electron chi connectivity index (χ2n) is 3.24. The number of hydrogen-bond donors (Lipinski definition) is 0. The van der Waals surface area contributed by atoms with E-state index in [0.717, 1.165) is 5.56 Å². The van der Waals surface area contributed by atoms with E-state index in [1.807, 2.05) is 12.1 Å². The molecule has 1 rings (SSSR count). The molecular formula is C12H13N. The highest BCUT2D eigenvalue weighted by molar-refractivity contribution is 5.55. The minimum absolute atomic E-state index is 1.10. The van der Waals surface area contributed by atoms with Gasteiger partial charge in [0, 0.05) is 6.08 Å². The first-order valence-electron chi connectivity index (χ1n) is 4.29. The monoisotopic (exact) mass is 171 g/mol. The number of rotatable bonds is 1. The first-order chi connectivity index (χ1) is 6.15. The van der Waals surface area contributed by atoms with Crippen molar-refractivity contribution >= 4 is 6.08 Å². The third-order valence-corrected chi connectivity index (χ3v) is 2.30. The van der Waals surface area contributed by atoms with E-state index in [1.165, 1.54) is 22.8 Å². The van der Waals surface area contributed by atoms with Gasteiger partial charge in [0.15, 0.2) is 0 Å². The molecule has 0 bridgehead atoms. The van der Waals surface area contributed by atoms with Gasteiger partial charge in [0.1, 0.15) is 0 Å². The second kappa shape index (κ2) is 3.91. The number of nitrogens with zero attached hydrogens (tertiary/aromatic N) is 1. The predicted molar refractivity (Wildman–Crippen MR) is 55.3 cm³/mol. The fourth-order valence-electron chi connectivity index (χ4n) is 1.30. The summed E-state index contributed by atoms with van der Waals surface area (Å²) in [6, 6.07) is 6.18. The second-order valence-corrected chi connectivity index (χ2v) is 3.24. The number of aryl methyl sites for hydroxylation is 2. The maximum absolute atomic E-state index is 8.38. The number of benzene rings is 1. The molecule has 0 spiro atoms. The molecule has 1 aromatic rings. The van der Waals surface area contributed by atoms with Gasteiger partial charge in [0.25, 0.3) is 0 Å². The summed E-state index contributed by atoms with van der Waals surface area (Å²) in [5.74, 6) is 0. The van der Waals surface area contributed by atoms with Crippen molar-refractivity contribution in [3.05, 3.63) is 40.5 Å². The summed E-state index contributed by atoms with van der Waals surface area (Å²) in [5.41, 5.74) is 4.98. The Hall–Kier alpha value is -1.55. The van der Waals surface area contributed by atoms with E-state index in [1.54, 1.807) is 0 Å². The molecule has 66 valence electrons. The van der Waals surface area contributed by atoms with Gasteiger partial charge in [-0.05, 0) is 49.1 Å². The van der Waals surface area contributed by atoms with Crippen LogP contribution in [0.4, 0.5) is 0 Å². The Bertz CT molecular complexity index is 358. The summed E-state index contributed by atoms with van der Waals surface area (Å²) >= 11 is 0. The summed E-state index contributed by atoms with van der Waals surface area (Å²) in [6.07, 6.45) is 3.34. The maximum atomic E-state index is 8.38. The van der Waals surface area contributed by atoms with Crippen LogP contribution in [0, 0.1) is 32.1 Å². The molecule has 13 heavy (non-hydrogen) atoms. The standard InChI is InChI=1S/C12H13N/c1-9-7-12(5-4-6-13)8-10(2)11(9)3/h4-5,7-8H,1-3H3/b5-4-. The highest BCUT2D eigenvalue weighted by Gasteiger charge is 1.97. The molecule has 0 aliphatic heterocycles. The summed E-state index contributed by atoms with van der Waals surface area (Å²) in [7, 11) is 0. The highest BCUT2D eigenvalue weighted by Crippen LogP contribution is 2.16. The molecule has 0 fully saturated rings. The molecule has 1 aromatic carbocycles. The first kappa shape index (κ1) is 9.54. The maximum Gasteiger partial charge on any atom is 0.0912 e. The van der Waals surface area contributed by atoms with Crippen LogP contribution >= 0.6 is 0 Å². The van der Waals surface area contributed by atoms with Gasteiger partial charge in [-0.25, -0.2) is 0 Å². The van der Waals surface area contributed by atoms with E-state index in [-0.39, 0.29) is 0 Å². The lowest BCUT2D eigenvalue weighted by molar-refractivity contribution is 1.26. The van der Waals surface area contributed by atoms with Crippen LogP contribution in [0.15, 0.2) is 18.2 Å². The average molecular weight is 171 g/mol. The summed E-state index contributed by atoms with van der Waals surface area (Å²) in [4.78, 5) is 0. The Balaban J connectivity index is 3.15. The molecule has 0 saturated heterocycles. The number of nitriles is 1. The lowest BCUT2D eigenvalue weighted by atomic mass is 10.0. The van der Waals surface area contributed by atoms with Gasteiger partial charge in [0.05, 0.1) is 6.07 Å². The van der Waals surface area contributed by atoms with Crippen molar-refractivity contribution in [1.82, 2.24) is 0 Å². The summed E-state index contributed by atoms with van der Waals surface area (Å²) < 4.78 is 0. The Labute approximate surface area is 79.3 Å². The lowest BCUT2D eigenvalue weighted by Crippen LogP contribution is -1.87. The number of hydrogen-bond acceptors (Lipinski definition) is 1. The molecule has 1 nitrogen and oxygen atoms in total. The quantitative estimate of drug-likeness (QED) is 0.595. The predicted octanol–water partition coefficient (Wildman–Crippen LogP) is 3.15. The van der Waals surface area contributed by atoms with Crippen LogP contribution in [0.25, 0.3) is 6.08 Å². The number of allylic oxidation sites excluding steroid dienone is 1. The first-order valence-corrected chi connectivity index (χ1v) is 4.29. The van der Waals surface area contributed by atoms with Gasteiger partial charge in [-0.1, -0.05) is 12.1 Å². The van der Waals surface area contributed by atoms with E-state index < -0.39 is 0 Å². The van der Waals surface area contributed by atoms with Crippen LogP contribution in [0.5, 0.6) is 0 Å². The van der Waals surface area contributed by atoms with E-state index >= 15 is 0 Å². The van der Waals surface area contributed by atoms with Crippen LogP contribution in [0.2, 0.25) is 0 Å². The molecular weight excluding hydrogens is 158 g/mol. The Morgan fingerprint density at radius 2 is 1.69 bits per heavy atom. The Kier molecular flexibility index (Phi) is 2.87. The van der Waals surface area contributed by atoms with Crippen molar-refractivity contribution in [2.24, 2.45) is 0 Å². The van der Waals surface area contributed by atoms with Crippen LogP contribution in [0.3, 0.4) is 0 Å². The smallest absolute Gasteiger partial charge is 0.0912 e. The third-order valence-electron chi connectivity index (χ3n) is 2.30. The minimum Gasteiger partial charge on any atom is -0.193 e. The minimum atomic E-state index is 1.10. The fraction of sp³-hybridized carbons (Fsp3) is 0.250. The third kappa shape index (κ3) is 2.19. The van der Waals surface area contributed by atoms with Gasteiger partial charge >= 0.3 is 0 Å². The van der Waals surface area contributed by atoms with Crippen molar-refractivity contribution in [3.63, 3.8) is 0 Å². The molecule has 0 amide bonds. The molecule has 0 aliphatic rings. The van der Waals surface area contributed by atoms with Gasteiger partial charge in [-0.2, -0.15) is 5.26 Å². The zero-order valence-electron chi connectivity index (χ0n) is 8.26. The summed E-state index contributed by atoms with van der Waals surface area (Å²) in [5, 5.41) is 8.38. The SMILES string of the molecule is Cc1cc(/C=C\C#N)cc(C)c1C. The van der Waals surface area contributed by atoms with Crippen LogP contribution in [-0.2, 0) is 0 Å². The highest BCUT2D eigenvalue weighted by atomic mass is 14.2. The van der Waals surface area contributed by atoms with E-state index in [9.17, 15) is 0 Å². The van der Waals surface area contributed by atoms with Crippen molar-refractivity contribution < 1.29 is 0 Å². The summed E-state index contributed by atoms with van der Waals surface area (Å²) in [6.45, 7) is 6.29. The van der Waals surface area contributed by atoms with Crippen molar-refractivity contribution in [2.75, 3.05) is 0 Å². The molecule has 0 aliphatic carbocycles. The molecule has 0 radical (unpaired) electrons. The zero-order valence-corrected chi connectivity index (χ0v) is 8.26. The molecule has 1 heteroatoms. The molecule has 0 heterocycles. The van der Waals surface area contributed by atoms with Crippen LogP contribution < -0.4 is 0 Å². The van der Waals surface area contributed by atoms with Crippen LogP contribution in [-0.4, -0.2) is 0 Å². The normalized spacial score (nSPS) is 10.3. The van der Waals surface area contributed by atoms with Gasteiger partial charge in [0.2, 0.25) is 0 Å². The molecule has 0 atom stereocenters. The van der Waals surface area contributed by atoms with Gasteiger partial charge < -0.3 is 0 Å². The average Bonchev–Trinajstić information content (AvgIpc) is 2.10. The lowest BCUT2D eigenvalue weighted by Gasteiger charge is -2.05. The molecule has 0 saturated carbocycles. The topological polar surface area (TPSA) is 23.8 Å². The molecule has 0 unspecified atom stereocenters. The Morgan fingerprint density at radius 1 is 1.15 bits per heavy atom. The van der Waals surface area contributed by atoms with Gasteiger partial charge in [-0.3, -0.25) is 0 Å². The Morgan fingerprint density at radius 3 is 2.15 bits per heavy atom. The van der Waals surface area contributed by atoms with E-state index in [2.05, 4.69) is 32.9 Å². The molecule has 0 N–H and O–H groups in total. The van der Waals surface area contributed by atoms with Gasteiger partial charge in [-0.15, -0.1) is 0 Å². The zero-order chi connectivity index (χ0) is 9.84. The van der Waals surface area contributed by atoms with Crippen molar-refractivity contribution in [2.45, 2.75) is 20.8 Å². The largest absolute Gasteiger partial charge is 0.193 e. The van der Waals surface area contributed by atoms with E-state index in [0.29, 0.717) is 0 Å².